The number of hydrogen-bond acceptors (Lipinski definition) is 4. The number of piperidine rings is 1. The molecule has 1 aromatic heterocycles. The zero-order valence-electron chi connectivity index (χ0n) is 12.6. The number of nitrogens with zero attached hydrogens (tertiary/aromatic N) is 1. The van der Waals surface area contributed by atoms with Crippen LogP contribution in [-0.4, -0.2) is 29.8 Å². The van der Waals surface area contributed by atoms with Gasteiger partial charge in [-0.2, -0.15) is 0 Å². The van der Waals surface area contributed by atoms with Gasteiger partial charge in [-0.25, -0.2) is 4.98 Å². The smallest absolute Gasteiger partial charge is 0.213 e. The van der Waals surface area contributed by atoms with Crippen LogP contribution in [0.25, 0.3) is 10.9 Å². The number of pyridine rings is 1. The van der Waals surface area contributed by atoms with Crippen LogP contribution in [-0.2, 0) is 0 Å². The summed E-state index contributed by atoms with van der Waals surface area (Å²) in [6, 6.07) is 8.04. The van der Waals surface area contributed by atoms with E-state index in [2.05, 4.69) is 10.3 Å². The second-order valence-corrected chi connectivity index (χ2v) is 5.73. The Labute approximate surface area is 125 Å². The summed E-state index contributed by atoms with van der Waals surface area (Å²) in [5.41, 5.74) is 2.90. The summed E-state index contributed by atoms with van der Waals surface area (Å²) in [4.78, 5) is 4.53. The van der Waals surface area contributed by atoms with Gasteiger partial charge in [-0.05, 0) is 37.4 Å². The third-order valence-corrected chi connectivity index (χ3v) is 4.31. The van der Waals surface area contributed by atoms with Crippen LogP contribution in [0.15, 0.2) is 24.3 Å². The molecule has 0 amide bonds. The maximum absolute atomic E-state index is 10.8. The van der Waals surface area contributed by atoms with Crippen LogP contribution in [0.5, 0.6) is 5.88 Å². The van der Waals surface area contributed by atoms with Gasteiger partial charge in [0, 0.05) is 17.5 Å². The van der Waals surface area contributed by atoms with E-state index in [4.69, 9.17) is 4.74 Å². The molecule has 0 aliphatic carbocycles. The Morgan fingerprint density at radius 1 is 1.38 bits per heavy atom. The van der Waals surface area contributed by atoms with E-state index >= 15 is 0 Å². The summed E-state index contributed by atoms with van der Waals surface area (Å²) in [5.74, 6) is 0.557. The molecule has 3 rings (SSSR count). The molecule has 21 heavy (non-hydrogen) atoms. The van der Waals surface area contributed by atoms with Gasteiger partial charge in [0.1, 0.15) is 0 Å². The minimum atomic E-state index is -0.536. The predicted octanol–water partition coefficient (Wildman–Crippen LogP) is 2.73. The molecule has 0 spiro atoms. The van der Waals surface area contributed by atoms with E-state index in [0.717, 1.165) is 41.4 Å². The minimum absolute atomic E-state index is 0.106. The fourth-order valence-corrected chi connectivity index (χ4v) is 3.11. The Hall–Kier alpha value is -1.65. The average Bonchev–Trinajstić information content (AvgIpc) is 2.54. The van der Waals surface area contributed by atoms with Gasteiger partial charge < -0.3 is 15.2 Å². The summed E-state index contributed by atoms with van der Waals surface area (Å²) in [7, 11) is 1.61. The van der Waals surface area contributed by atoms with E-state index in [-0.39, 0.29) is 6.04 Å². The number of rotatable bonds is 3. The molecule has 1 fully saturated rings. The van der Waals surface area contributed by atoms with Gasteiger partial charge in [-0.15, -0.1) is 0 Å². The lowest BCUT2D eigenvalue weighted by Gasteiger charge is -2.29. The van der Waals surface area contributed by atoms with Gasteiger partial charge in [0.15, 0.2) is 0 Å². The number of nitrogens with one attached hydrogen (secondary N) is 1. The minimum Gasteiger partial charge on any atom is -0.481 e. The largest absolute Gasteiger partial charge is 0.481 e. The van der Waals surface area contributed by atoms with Crippen LogP contribution in [0, 0.1) is 6.92 Å². The maximum atomic E-state index is 10.8. The molecule has 1 aliphatic rings. The average molecular weight is 286 g/mol. The molecule has 2 atom stereocenters. The second kappa shape index (κ2) is 6.00. The number of aliphatic hydroxyl groups excluding tert-OH is 1. The lowest BCUT2D eigenvalue weighted by atomic mass is 9.92. The summed E-state index contributed by atoms with van der Waals surface area (Å²) in [6.45, 7) is 3.00. The van der Waals surface area contributed by atoms with Crippen LogP contribution in [0.2, 0.25) is 0 Å². The quantitative estimate of drug-likeness (QED) is 0.911. The second-order valence-electron chi connectivity index (χ2n) is 5.73. The van der Waals surface area contributed by atoms with Crippen molar-refractivity contribution in [3.63, 3.8) is 0 Å². The van der Waals surface area contributed by atoms with Crippen LogP contribution >= 0.6 is 0 Å². The van der Waals surface area contributed by atoms with Crippen molar-refractivity contribution in [2.24, 2.45) is 0 Å². The number of ether oxygens (including phenoxy) is 1. The van der Waals surface area contributed by atoms with Gasteiger partial charge in [0.05, 0.1) is 18.7 Å². The van der Waals surface area contributed by atoms with Crippen LogP contribution in [0.4, 0.5) is 0 Å². The van der Waals surface area contributed by atoms with E-state index in [0.29, 0.717) is 5.88 Å². The Bertz CT molecular complexity index is 636. The van der Waals surface area contributed by atoms with Crippen LogP contribution < -0.4 is 10.1 Å². The molecular weight excluding hydrogens is 264 g/mol. The zero-order valence-corrected chi connectivity index (χ0v) is 12.6. The first-order valence-electron chi connectivity index (χ1n) is 7.56. The topological polar surface area (TPSA) is 54.4 Å². The lowest BCUT2D eigenvalue weighted by molar-refractivity contribution is 0.115. The fraction of sp³-hybridized carbons (Fsp3) is 0.471. The van der Waals surface area contributed by atoms with E-state index in [1.165, 1.54) is 6.42 Å². The first-order chi connectivity index (χ1) is 10.2. The molecule has 0 bridgehead atoms. The van der Waals surface area contributed by atoms with Crippen LogP contribution in [0.3, 0.4) is 0 Å². The van der Waals surface area contributed by atoms with Gasteiger partial charge in [0.25, 0.3) is 0 Å². The Balaban J connectivity index is 2.09. The standard InChI is InChI=1S/C17H22N2O2/c1-11-6-5-7-12-13(10-15(21-2)19-16(11)12)17(20)14-8-3-4-9-18-14/h5-7,10,14,17-18,20H,3-4,8-9H2,1-2H3/t14?,17-/m1/s1. The van der Waals surface area contributed by atoms with Crippen molar-refractivity contribution in [3.05, 3.63) is 35.4 Å². The summed E-state index contributed by atoms with van der Waals surface area (Å²) in [5, 5.41) is 15.2. The Kier molecular flexibility index (Phi) is 4.08. The predicted molar refractivity (Wildman–Crippen MR) is 83.6 cm³/mol. The highest BCUT2D eigenvalue weighted by Gasteiger charge is 2.25. The maximum Gasteiger partial charge on any atom is 0.213 e. The number of aliphatic hydroxyl groups is 1. The van der Waals surface area contributed by atoms with Gasteiger partial charge in [-0.3, -0.25) is 0 Å². The van der Waals surface area contributed by atoms with E-state index in [9.17, 15) is 5.11 Å². The lowest BCUT2D eigenvalue weighted by Crippen LogP contribution is -2.38. The molecule has 2 N–H and O–H groups in total. The highest BCUT2D eigenvalue weighted by molar-refractivity contribution is 5.86. The Morgan fingerprint density at radius 3 is 2.95 bits per heavy atom. The summed E-state index contributed by atoms with van der Waals surface area (Å²) < 4.78 is 5.31. The Morgan fingerprint density at radius 2 is 2.24 bits per heavy atom. The molecule has 4 nitrogen and oxygen atoms in total. The molecule has 0 radical (unpaired) electrons. The molecule has 1 saturated heterocycles. The molecule has 2 heterocycles. The van der Waals surface area contributed by atoms with Crippen molar-refractivity contribution in [1.29, 1.82) is 0 Å². The number of aromatic nitrogens is 1. The fourth-order valence-electron chi connectivity index (χ4n) is 3.11. The van der Waals surface area contributed by atoms with Gasteiger partial charge in [-0.1, -0.05) is 24.6 Å². The molecule has 1 aromatic carbocycles. The van der Waals surface area contributed by atoms with Crippen molar-refractivity contribution in [2.45, 2.75) is 38.3 Å². The molecule has 1 aliphatic heterocycles. The number of para-hydroxylation sites is 1. The van der Waals surface area contributed by atoms with Gasteiger partial charge in [0.2, 0.25) is 5.88 Å². The molecule has 1 unspecified atom stereocenters. The first-order valence-corrected chi connectivity index (χ1v) is 7.56. The first kappa shape index (κ1) is 14.3. The van der Waals surface area contributed by atoms with Gasteiger partial charge >= 0.3 is 0 Å². The number of methoxy groups -OCH3 is 1. The zero-order chi connectivity index (χ0) is 14.8. The van der Waals surface area contributed by atoms with Crippen molar-refractivity contribution in [1.82, 2.24) is 10.3 Å². The highest BCUT2D eigenvalue weighted by Crippen LogP contribution is 2.32. The third kappa shape index (κ3) is 2.74. The SMILES string of the molecule is COc1cc([C@@H](O)C2CCCCN2)c2cccc(C)c2n1. The molecule has 0 saturated carbocycles. The number of aryl methyl sites for hydroxylation is 1. The monoisotopic (exact) mass is 286 g/mol. The van der Waals surface area contributed by atoms with Crippen molar-refractivity contribution < 1.29 is 9.84 Å². The van der Waals surface area contributed by atoms with Crippen LogP contribution in [0.1, 0.15) is 36.5 Å². The number of hydrogen-bond donors (Lipinski definition) is 2. The molecular formula is C17H22N2O2. The molecule has 4 heteroatoms. The third-order valence-electron chi connectivity index (χ3n) is 4.31. The summed E-state index contributed by atoms with van der Waals surface area (Å²) >= 11 is 0. The number of benzene rings is 1. The normalized spacial score (nSPS) is 20.4. The molecule has 2 aromatic rings. The van der Waals surface area contributed by atoms with Crippen molar-refractivity contribution in [3.8, 4) is 5.88 Å². The van der Waals surface area contributed by atoms with E-state index < -0.39 is 6.10 Å². The molecule has 112 valence electrons. The highest BCUT2D eigenvalue weighted by atomic mass is 16.5. The van der Waals surface area contributed by atoms with E-state index in [1.54, 1.807) is 7.11 Å². The van der Waals surface area contributed by atoms with Crippen molar-refractivity contribution >= 4 is 10.9 Å². The number of fused-ring (bicyclic) bond motifs is 1. The van der Waals surface area contributed by atoms with E-state index in [1.807, 2.05) is 31.2 Å². The van der Waals surface area contributed by atoms with Crippen molar-refractivity contribution in [2.75, 3.05) is 13.7 Å². The summed E-state index contributed by atoms with van der Waals surface area (Å²) in [6.07, 6.45) is 2.81.